The van der Waals surface area contributed by atoms with Gasteiger partial charge in [-0.3, -0.25) is 9.59 Å². The third kappa shape index (κ3) is 40.4. The first kappa shape index (κ1) is 54.8. The van der Waals surface area contributed by atoms with Crippen LogP contribution in [0.5, 0.6) is 0 Å². The van der Waals surface area contributed by atoms with E-state index in [1.54, 1.807) is 0 Å². The number of carbonyl (C=O) groups is 2. The van der Waals surface area contributed by atoms with E-state index < -0.39 is 18.2 Å². The van der Waals surface area contributed by atoms with Crippen molar-refractivity contribution in [3.05, 3.63) is 48.6 Å². The van der Waals surface area contributed by atoms with Gasteiger partial charge in [-0.2, -0.15) is 0 Å². The van der Waals surface area contributed by atoms with E-state index in [-0.39, 0.29) is 24.9 Å². The van der Waals surface area contributed by atoms with Crippen LogP contribution in [0.2, 0.25) is 0 Å². The molecule has 0 aliphatic heterocycles. The second-order valence-electron chi connectivity index (χ2n) is 16.6. The minimum atomic E-state index is -0.797. The van der Waals surface area contributed by atoms with Gasteiger partial charge in [-0.15, -0.1) is 0 Å². The molecule has 6 heteroatoms. The van der Waals surface area contributed by atoms with Gasteiger partial charge in [-0.05, 0) is 77.0 Å². The summed E-state index contributed by atoms with van der Waals surface area (Å²) >= 11 is 0. The highest BCUT2D eigenvalue weighted by molar-refractivity contribution is 5.77. The van der Waals surface area contributed by atoms with Crippen LogP contribution in [0, 0.1) is 0 Å². The van der Waals surface area contributed by atoms with Crippen molar-refractivity contribution < 1.29 is 24.5 Å². The summed E-state index contributed by atoms with van der Waals surface area (Å²) in [7, 11) is 0. The smallest absolute Gasteiger partial charge is 0.306 e. The number of hydrogen-bond acceptors (Lipinski definition) is 5. The quantitative estimate of drug-likeness (QED) is 0.0247. The SMILES string of the molecule is CCCCCCC/C=C/C=C/C=C/CCCCCC(CC(=O)NC(CO)C(O)CCCCCCCCCCC)OC(=O)CCCCC/C=C\CCCCCCCC. The van der Waals surface area contributed by atoms with Crippen molar-refractivity contribution >= 4 is 11.9 Å². The van der Waals surface area contributed by atoms with Crippen molar-refractivity contribution in [1.82, 2.24) is 5.32 Å². The number of aliphatic hydroxyl groups is 2. The number of ether oxygens (including phenoxy) is 1. The molecule has 0 aliphatic rings. The van der Waals surface area contributed by atoms with E-state index in [0.717, 1.165) is 83.5 Å². The number of aliphatic hydroxyl groups excluding tert-OH is 2. The molecule has 0 radical (unpaired) electrons. The summed E-state index contributed by atoms with van der Waals surface area (Å²) in [4.78, 5) is 26.0. The number of hydrogen-bond donors (Lipinski definition) is 3. The Balaban J connectivity index is 4.70. The van der Waals surface area contributed by atoms with Gasteiger partial charge < -0.3 is 20.3 Å². The Hall–Kier alpha value is -2.18. The van der Waals surface area contributed by atoms with Gasteiger partial charge in [0.05, 0.1) is 25.2 Å². The molecule has 0 saturated heterocycles. The number of carbonyl (C=O) groups excluding carboxylic acids is 2. The molecule has 3 atom stereocenters. The van der Waals surface area contributed by atoms with Crippen LogP contribution in [0.3, 0.4) is 0 Å². The van der Waals surface area contributed by atoms with E-state index in [1.807, 2.05) is 0 Å². The van der Waals surface area contributed by atoms with Gasteiger partial charge in [0, 0.05) is 6.42 Å². The molecule has 332 valence electrons. The standard InChI is InChI=1S/C51H93NO5/c1-4-7-10-13-16-19-21-23-24-25-27-28-31-33-36-39-42-47(57-51(56)44-41-38-35-32-29-26-22-20-17-14-11-8-5-2)45-50(55)52-48(46-53)49(54)43-40-37-34-30-18-15-12-9-6-3/h21,23-29,47-49,53-54H,4-20,22,30-46H2,1-3H3,(H,52,55)/b23-21+,25-24+,28-27+,29-26-. The molecule has 57 heavy (non-hydrogen) atoms. The van der Waals surface area contributed by atoms with Crippen LogP contribution in [0.25, 0.3) is 0 Å². The van der Waals surface area contributed by atoms with Crippen LogP contribution >= 0.6 is 0 Å². The molecule has 0 fully saturated rings. The van der Waals surface area contributed by atoms with Crippen molar-refractivity contribution in [3.63, 3.8) is 0 Å². The summed E-state index contributed by atoms with van der Waals surface area (Å²) in [5.74, 6) is -0.526. The summed E-state index contributed by atoms with van der Waals surface area (Å²) in [6.07, 6.45) is 53.1. The van der Waals surface area contributed by atoms with Crippen molar-refractivity contribution in [2.24, 2.45) is 0 Å². The molecular weight excluding hydrogens is 707 g/mol. The second kappa shape index (κ2) is 44.9. The molecule has 0 saturated carbocycles. The maximum absolute atomic E-state index is 13.1. The zero-order valence-corrected chi connectivity index (χ0v) is 37.7. The van der Waals surface area contributed by atoms with Gasteiger partial charge in [0.2, 0.25) is 5.91 Å². The first-order valence-corrected chi connectivity index (χ1v) is 24.4. The largest absolute Gasteiger partial charge is 0.462 e. The maximum atomic E-state index is 13.1. The van der Waals surface area contributed by atoms with Gasteiger partial charge in [0.25, 0.3) is 0 Å². The number of unbranched alkanes of at least 4 members (excludes halogenated alkanes) is 25. The summed E-state index contributed by atoms with van der Waals surface area (Å²) in [6, 6.07) is -0.713. The molecule has 0 rings (SSSR count). The molecular formula is C51H93NO5. The lowest BCUT2D eigenvalue weighted by atomic mass is 10.0. The minimum Gasteiger partial charge on any atom is -0.462 e. The van der Waals surface area contributed by atoms with Gasteiger partial charge in [-0.1, -0.05) is 198 Å². The van der Waals surface area contributed by atoms with Crippen LogP contribution in [-0.4, -0.2) is 46.9 Å². The molecule has 0 aromatic rings. The van der Waals surface area contributed by atoms with E-state index >= 15 is 0 Å². The second-order valence-corrected chi connectivity index (χ2v) is 16.6. The zero-order chi connectivity index (χ0) is 41.7. The summed E-state index contributed by atoms with van der Waals surface area (Å²) in [5.41, 5.74) is 0. The third-order valence-electron chi connectivity index (χ3n) is 10.9. The van der Waals surface area contributed by atoms with Crippen molar-refractivity contribution in [3.8, 4) is 0 Å². The Morgan fingerprint density at radius 3 is 1.40 bits per heavy atom. The molecule has 0 aromatic carbocycles. The lowest BCUT2D eigenvalue weighted by Gasteiger charge is -2.24. The first-order valence-electron chi connectivity index (χ1n) is 24.4. The number of allylic oxidation sites excluding steroid dienone is 8. The first-order chi connectivity index (χ1) is 28.0. The molecule has 3 N–H and O–H groups in total. The Morgan fingerprint density at radius 2 is 0.912 bits per heavy atom. The van der Waals surface area contributed by atoms with E-state index in [4.69, 9.17) is 4.74 Å². The Morgan fingerprint density at radius 1 is 0.509 bits per heavy atom. The maximum Gasteiger partial charge on any atom is 0.306 e. The summed E-state index contributed by atoms with van der Waals surface area (Å²) in [5, 5.41) is 23.6. The molecule has 0 bridgehead atoms. The number of esters is 1. The molecule has 0 heterocycles. The predicted molar refractivity (Wildman–Crippen MR) is 245 cm³/mol. The highest BCUT2D eigenvalue weighted by Gasteiger charge is 2.24. The fraction of sp³-hybridized carbons (Fsp3) is 0.804. The predicted octanol–water partition coefficient (Wildman–Crippen LogP) is 14.3. The number of rotatable bonds is 43. The lowest BCUT2D eigenvalue weighted by Crippen LogP contribution is -2.46. The summed E-state index contributed by atoms with van der Waals surface area (Å²) < 4.78 is 5.89. The highest BCUT2D eigenvalue weighted by Crippen LogP contribution is 2.17. The fourth-order valence-corrected chi connectivity index (χ4v) is 7.19. The average molecular weight is 800 g/mol. The molecule has 0 spiro atoms. The zero-order valence-electron chi connectivity index (χ0n) is 37.7. The van der Waals surface area contributed by atoms with E-state index in [1.165, 1.54) is 109 Å². The fourth-order valence-electron chi connectivity index (χ4n) is 7.19. The van der Waals surface area contributed by atoms with Crippen LogP contribution in [0.4, 0.5) is 0 Å². The topological polar surface area (TPSA) is 95.9 Å². The highest BCUT2D eigenvalue weighted by atomic mass is 16.5. The minimum absolute atomic E-state index is 0.0490. The lowest BCUT2D eigenvalue weighted by molar-refractivity contribution is -0.151. The summed E-state index contributed by atoms with van der Waals surface area (Å²) in [6.45, 7) is 6.42. The number of nitrogens with one attached hydrogen (secondary N) is 1. The van der Waals surface area contributed by atoms with Crippen LogP contribution < -0.4 is 5.32 Å². The van der Waals surface area contributed by atoms with Gasteiger partial charge >= 0.3 is 5.97 Å². The van der Waals surface area contributed by atoms with E-state index in [0.29, 0.717) is 19.3 Å². The Labute approximate surface area is 353 Å². The van der Waals surface area contributed by atoms with Gasteiger partial charge in [-0.25, -0.2) is 0 Å². The molecule has 0 aromatic heterocycles. The van der Waals surface area contributed by atoms with Crippen molar-refractivity contribution in [2.75, 3.05) is 6.61 Å². The van der Waals surface area contributed by atoms with Gasteiger partial charge in [0.15, 0.2) is 0 Å². The van der Waals surface area contributed by atoms with Crippen LogP contribution in [0.15, 0.2) is 48.6 Å². The van der Waals surface area contributed by atoms with Crippen LogP contribution in [0.1, 0.15) is 239 Å². The number of amides is 1. The van der Waals surface area contributed by atoms with Gasteiger partial charge in [0.1, 0.15) is 6.10 Å². The Bertz CT molecular complexity index is 988. The van der Waals surface area contributed by atoms with E-state index in [2.05, 4.69) is 74.7 Å². The third-order valence-corrected chi connectivity index (χ3v) is 10.9. The normalized spacial score (nSPS) is 13.7. The average Bonchev–Trinajstić information content (AvgIpc) is 3.20. The Kier molecular flexibility index (Phi) is 43.2. The molecule has 0 aliphatic carbocycles. The molecule has 1 amide bonds. The van der Waals surface area contributed by atoms with Crippen molar-refractivity contribution in [2.45, 2.75) is 257 Å². The van der Waals surface area contributed by atoms with Crippen LogP contribution in [-0.2, 0) is 14.3 Å². The monoisotopic (exact) mass is 800 g/mol. The molecule has 3 unspecified atom stereocenters. The van der Waals surface area contributed by atoms with E-state index in [9.17, 15) is 19.8 Å². The van der Waals surface area contributed by atoms with Crippen molar-refractivity contribution in [1.29, 1.82) is 0 Å². The molecule has 6 nitrogen and oxygen atoms in total.